The highest BCUT2D eigenvalue weighted by Gasteiger charge is 2.20. The van der Waals surface area contributed by atoms with Crippen LogP contribution in [0, 0.1) is 17.7 Å². The minimum atomic E-state index is -0.363. The van der Waals surface area contributed by atoms with Gasteiger partial charge in [-0.15, -0.1) is 0 Å². The number of halogens is 2. The normalized spacial score (nSPS) is 20.6. The fraction of sp³-hybridized carbons (Fsp3) is 0.417. The lowest BCUT2D eigenvalue weighted by atomic mass is 9.78. The van der Waals surface area contributed by atoms with Crippen LogP contribution in [0.2, 0.25) is 5.02 Å². The number of aryl methyl sites for hydroxylation is 1. The van der Waals surface area contributed by atoms with Crippen LogP contribution in [0.15, 0.2) is 54.6 Å². The van der Waals surface area contributed by atoms with E-state index in [9.17, 15) is 4.39 Å². The number of hydrogen-bond donors (Lipinski definition) is 0. The lowest BCUT2D eigenvalue weighted by Crippen LogP contribution is -2.14. The van der Waals surface area contributed by atoms with Gasteiger partial charge in [0.05, 0.1) is 5.02 Å². The number of rotatable bonds is 6. The molecule has 2 aromatic rings. The van der Waals surface area contributed by atoms with Gasteiger partial charge in [0, 0.05) is 0 Å². The van der Waals surface area contributed by atoms with Crippen LogP contribution in [-0.4, -0.2) is 0 Å². The topological polar surface area (TPSA) is 0 Å². The quantitative estimate of drug-likeness (QED) is 0.454. The lowest BCUT2D eigenvalue weighted by Gasteiger charge is -2.28. The first-order chi connectivity index (χ1) is 12.7. The molecule has 26 heavy (non-hydrogen) atoms. The summed E-state index contributed by atoms with van der Waals surface area (Å²) in [4.78, 5) is 0. The molecule has 3 rings (SSSR count). The summed E-state index contributed by atoms with van der Waals surface area (Å²) in [7, 11) is 0. The van der Waals surface area contributed by atoms with Gasteiger partial charge in [-0.1, -0.05) is 66.9 Å². The number of hydrogen-bond acceptors (Lipinski definition) is 0. The van der Waals surface area contributed by atoms with Gasteiger partial charge in [0.25, 0.3) is 0 Å². The predicted molar refractivity (Wildman–Crippen MR) is 110 cm³/mol. The largest absolute Gasteiger partial charge is 0.205 e. The third kappa shape index (κ3) is 5.20. The van der Waals surface area contributed by atoms with Crippen LogP contribution >= 0.6 is 11.6 Å². The molecule has 138 valence electrons. The molecule has 0 saturated heterocycles. The Balaban J connectivity index is 1.50. The monoisotopic (exact) mass is 370 g/mol. The Morgan fingerprint density at radius 2 is 1.62 bits per heavy atom. The summed E-state index contributed by atoms with van der Waals surface area (Å²) < 4.78 is 13.6. The Hall–Kier alpha value is -1.60. The molecule has 1 fully saturated rings. The third-order valence-corrected chi connectivity index (χ3v) is 6.03. The molecule has 0 atom stereocenters. The van der Waals surface area contributed by atoms with Crippen LogP contribution in [0.3, 0.4) is 0 Å². The zero-order valence-electron chi connectivity index (χ0n) is 15.6. The first kappa shape index (κ1) is 19.2. The third-order valence-electron chi connectivity index (χ3n) is 5.72. The maximum atomic E-state index is 13.6. The average Bonchev–Trinajstić information content (AvgIpc) is 2.68. The van der Waals surface area contributed by atoms with E-state index in [0.717, 1.165) is 29.4 Å². The van der Waals surface area contributed by atoms with E-state index >= 15 is 0 Å². The molecule has 0 aliphatic heterocycles. The van der Waals surface area contributed by atoms with E-state index in [-0.39, 0.29) is 10.8 Å². The molecule has 0 amide bonds. The summed E-state index contributed by atoms with van der Waals surface area (Å²) in [5.74, 6) is 1.42. The fourth-order valence-corrected chi connectivity index (χ4v) is 4.11. The molecular weight excluding hydrogens is 343 g/mol. The van der Waals surface area contributed by atoms with Crippen molar-refractivity contribution >= 4 is 11.6 Å². The van der Waals surface area contributed by atoms with Gasteiger partial charge >= 0.3 is 0 Å². The van der Waals surface area contributed by atoms with E-state index in [2.05, 4.69) is 43.3 Å². The van der Waals surface area contributed by atoms with Crippen LogP contribution < -0.4 is 0 Å². The van der Waals surface area contributed by atoms with Crippen molar-refractivity contribution in [2.24, 2.45) is 11.8 Å². The summed E-state index contributed by atoms with van der Waals surface area (Å²) in [6.07, 6.45) is 13.7. The van der Waals surface area contributed by atoms with E-state index in [1.165, 1.54) is 50.2 Å². The van der Waals surface area contributed by atoms with E-state index in [1.54, 1.807) is 6.07 Å². The Bertz CT molecular complexity index is 724. The highest BCUT2D eigenvalue weighted by atomic mass is 35.5. The van der Waals surface area contributed by atoms with Crippen LogP contribution in [0.5, 0.6) is 0 Å². The lowest BCUT2D eigenvalue weighted by molar-refractivity contribution is 0.265. The van der Waals surface area contributed by atoms with Crippen molar-refractivity contribution in [3.05, 3.63) is 71.0 Å². The van der Waals surface area contributed by atoms with Gasteiger partial charge in [-0.2, -0.15) is 0 Å². The van der Waals surface area contributed by atoms with Gasteiger partial charge in [0.15, 0.2) is 0 Å². The second kappa shape index (κ2) is 9.37. The molecule has 0 unspecified atom stereocenters. The van der Waals surface area contributed by atoms with E-state index < -0.39 is 0 Å². The van der Waals surface area contributed by atoms with Gasteiger partial charge in [-0.25, -0.2) is 4.39 Å². The zero-order chi connectivity index (χ0) is 18.4. The minimum absolute atomic E-state index is 0.172. The van der Waals surface area contributed by atoms with Crippen molar-refractivity contribution in [1.29, 1.82) is 0 Å². The van der Waals surface area contributed by atoms with E-state index in [0.29, 0.717) is 0 Å². The number of allylic oxidation sites excluding steroid dienone is 2. The molecule has 2 heteroatoms. The van der Waals surface area contributed by atoms with Crippen molar-refractivity contribution in [1.82, 2.24) is 0 Å². The molecule has 0 nitrogen and oxygen atoms in total. The van der Waals surface area contributed by atoms with Crippen molar-refractivity contribution in [3.8, 4) is 11.1 Å². The van der Waals surface area contributed by atoms with Crippen LogP contribution in [-0.2, 0) is 6.42 Å². The smallest absolute Gasteiger partial charge is 0.142 e. The Morgan fingerprint density at radius 1 is 0.962 bits per heavy atom. The molecule has 0 spiro atoms. The van der Waals surface area contributed by atoms with Gasteiger partial charge < -0.3 is 0 Å². The zero-order valence-corrected chi connectivity index (χ0v) is 16.3. The molecular formula is C24H28ClF. The summed E-state index contributed by atoms with van der Waals surface area (Å²) >= 11 is 5.76. The molecule has 0 bridgehead atoms. The average molecular weight is 371 g/mol. The van der Waals surface area contributed by atoms with Crippen LogP contribution in [0.1, 0.15) is 51.0 Å². The first-order valence-corrected chi connectivity index (χ1v) is 10.2. The molecule has 1 aliphatic rings. The maximum absolute atomic E-state index is 13.6. The highest BCUT2D eigenvalue weighted by molar-refractivity contribution is 6.30. The molecule has 1 aliphatic carbocycles. The summed E-state index contributed by atoms with van der Waals surface area (Å²) in [5.41, 5.74) is 3.28. The SMILES string of the molecule is CC=CCC1CCC(CCc2ccc(-c3ccc(Cl)c(F)c3)cc2)CC1. The van der Waals surface area contributed by atoms with Crippen molar-refractivity contribution in [2.75, 3.05) is 0 Å². The van der Waals surface area contributed by atoms with E-state index in [4.69, 9.17) is 11.6 Å². The summed E-state index contributed by atoms with van der Waals surface area (Å²) in [5, 5.41) is 0.172. The Morgan fingerprint density at radius 3 is 2.27 bits per heavy atom. The molecule has 0 radical (unpaired) electrons. The molecule has 0 aromatic heterocycles. The molecule has 1 saturated carbocycles. The van der Waals surface area contributed by atoms with E-state index in [1.807, 2.05) is 6.07 Å². The second-order valence-electron chi connectivity index (χ2n) is 7.56. The number of benzene rings is 2. The Labute approximate surface area is 162 Å². The second-order valence-corrected chi connectivity index (χ2v) is 7.96. The van der Waals surface area contributed by atoms with Gasteiger partial charge in [0.1, 0.15) is 5.82 Å². The maximum Gasteiger partial charge on any atom is 0.142 e. The van der Waals surface area contributed by atoms with Crippen molar-refractivity contribution in [2.45, 2.75) is 51.9 Å². The van der Waals surface area contributed by atoms with Crippen LogP contribution in [0.4, 0.5) is 4.39 Å². The highest BCUT2D eigenvalue weighted by Crippen LogP contribution is 2.33. The predicted octanol–water partition coefficient (Wildman–Crippen LogP) is 7.85. The Kier molecular flexibility index (Phi) is 6.91. The first-order valence-electron chi connectivity index (χ1n) is 9.81. The van der Waals surface area contributed by atoms with Gasteiger partial charge in [-0.05, 0) is 79.7 Å². The molecule has 0 heterocycles. The van der Waals surface area contributed by atoms with Crippen LogP contribution in [0.25, 0.3) is 11.1 Å². The summed E-state index contributed by atoms with van der Waals surface area (Å²) in [6.45, 7) is 2.11. The summed E-state index contributed by atoms with van der Waals surface area (Å²) in [6, 6.07) is 13.5. The molecule has 0 N–H and O–H groups in total. The fourth-order valence-electron chi connectivity index (χ4n) is 3.99. The van der Waals surface area contributed by atoms with Gasteiger partial charge in [0.2, 0.25) is 0 Å². The van der Waals surface area contributed by atoms with Crippen molar-refractivity contribution in [3.63, 3.8) is 0 Å². The van der Waals surface area contributed by atoms with Gasteiger partial charge in [-0.3, -0.25) is 0 Å². The van der Waals surface area contributed by atoms with Crippen molar-refractivity contribution < 1.29 is 4.39 Å². The minimum Gasteiger partial charge on any atom is -0.205 e. The standard InChI is InChI=1S/C24H28ClF/c1-2-3-4-18-5-7-19(8-6-18)9-10-20-11-13-21(14-12-20)22-15-16-23(25)24(26)17-22/h2-3,11-19H,4-10H2,1H3. The molecule has 2 aromatic carbocycles.